The van der Waals surface area contributed by atoms with Crippen LogP contribution in [0.25, 0.3) is 0 Å². The second kappa shape index (κ2) is 9.83. The van der Waals surface area contributed by atoms with Crippen molar-refractivity contribution in [1.82, 2.24) is 20.8 Å². The lowest BCUT2D eigenvalue weighted by atomic mass is 10.1. The van der Waals surface area contributed by atoms with Crippen LogP contribution in [0.4, 0.5) is 0 Å². The lowest BCUT2D eigenvalue weighted by molar-refractivity contribution is 0.0943. The number of rotatable bonds is 6. The molecule has 0 atom stereocenters. The maximum absolute atomic E-state index is 12.3. The summed E-state index contributed by atoms with van der Waals surface area (Å²) in [5.74, 6) is -0.746. The average Bonchev–Trinajstić information content (AvgIpc) is 2.81. The van der Waals surface area contributed by atoms with Gasteiger partial charge in [-0.2, -0.15) is 10.2 Å². The highest BCUT2D eigenvalue weighted by Gasteiger charge is 2.09. The number of hydrazone groups is 2. The van der Waals surface area contributed by atoms with Crippen molar-refractivity contribution >= 4 is 23.2 Å². The number of carbonyl (C=O) groups is 2. The number of nitrogens with one attached hydrogen (secondary N) is 2. The van der Waals surface area contributed by atoms with Crippen LogP contribution in [0.1, 0.15) is 45.7 Å². The number of benzene rings is 1. The Labute approximate surface area is 173 Å². The van der Waals surface area contributed by atoms with Crippen LogP contribution in [-0.4, -0.2) is 33.2 Å². The van der Waals surface area contributed by atoms with E-state index in [0.29, 0.717) is 22.6 Å². The molecule has 150 valence electrons. The topological polar surface area (TPSA) is 109 Å². The molecule has 2 amide bonds. The number of pyridine rings is 2. The predicted molar refractivity (Wildman–Crippen MR) is 114 cm³/mol. The number of aromatic nitrogens is 2. The van der Waals surface area contributed by atoms with Crippen molar-refractivity contribution in [1.29, 1.82) is 0 Å². The smallest absolute Gasteiger partial charge is 0.267 e. The third-order valence-electron chi connectivity index (χ3n) is 4.26. The van der Waals surface area contributed by atoms with E-state index in [2.05, 4.69) is 31.0 Å². The zero-order valence-electron chi connectivity index (χ0n) is 16.5. The van der Waals surface area contributed by atoms with Crippen molar-refractivity contribution in [2.45, 2.75) is 13.8 Å². The number of carbonyl (C=O) groups excluding carboxylic acids is 2. The van der Waals surface area contributed by atoms with Crippen LogP contribution < -0.4 is 10.9 Å². The molecule has 0 aliphatic rings. The minimum Gasteiger partial charge on any atom is -0.267 e. The van der Waals surface area contributed by atoms with E-state index in [1.165, 1.54) is 0 Å². The SMILES string of the molecule is CC(=NNC(=O)c1ccc(C(=O)NN=C(C)c2ccncc2)cc1)c1ccncc1. The molecule has 0 fully saturated rings. The van der Waals surface area contributed by atoms with Crippen LogP contribution in [0, 0.1) is 0 Å². The first-order valence-electron chi connectivity index (χ1n) is 9.14. The maximum Gasteiger partial charge on any atom is 0.271 e. The fraction of sp³-hybridized carbons (Fsp3) is 0.0909. The van der Waals surface area contributed by atoms with Gasteiger partial charge in [0.25, 0.3) is 11.8 Å². The van der Waals surface area contributed by atoms with E-state index >= 15 is 0 Å². The van der Waals surface area contributed by atoms with Gasteiger partial charge < -0.3 is 0 Å². The van der Waals surface area contributed by atoms with Gasteiger partial charge in [0.05, 0.1) is 11.4 Å². The van der Waals surface area contributed by atoms with Crippen LogP contribution >= 0.6 is 0 Å². The molecule has 30 heavy (non-hydrogen) atoms. The molecule has 0 aliphatic heterocycles. The molecule has 0 radical (unpaired) electrons. The van der Waals surface area contributed by atoms with Crippen molar-refractivity contribution in [2.24, 2.45) is 10.2 Å². The summed E-state index contributed by atoms with van der Waals surface area (Å²) in [6.45, 7) is 3.58. The Balaban J connectivity index is 1.60. The Kier molecular flexibility index (Phi) is 6.73. The highest BCUT2D eigenvalue weighted by Crippen LogP contribution is 2.06. The molecule has 2 heterocycles. The van der Waals surface area contributed by atoms with E-state index in [4.69, 9.17) is 0 Å². The molecular formula is C22H20N6O2. The monoisotopic (exact) mass is 400 g/mol. The summed E-state index contributed by atoms with van der Waals surface area (Å²) in [4.78, 5) is 32.4. The van der Waals surface area contributed by atoms with Gasteiger partial charge in [0.1, 0.15) is 0 Å². The van der Waals surface area contributed by atoms with E-state index in [1.807, 2.05) is 0 Å². The Morgan fingerprint density at radius 1 is 0.600 bits per heavy atom. The van der Waals surface area contributed by atoms with Gasteiger partial charge in [0, 0.05) is 47.0 Å². The summed E-state index contributed by atoms with van der Waals surface area (Å²) in [7, 11) is 0. The molecule has 3 aromatic rings. The summed E-state index contributed by atoms with van der Waals surface area (Å²) in [6, 6.07) is 13.4. The highest BCUT2D eigenvalue weighted by molar-refractivity contribution is 6.02. The van der Waals surface area contributed by atoms with Gasteiger partial charge >= 0.3 is 0 Å². The van der Waals surface area contributed by atoms with Gasteiger partial charge in [0.2, 0.25) is 0 Å². The molecule has 1 aromatic carbocycles. The van der Waals surface area contributed by atoms with Crippen LogP contribution in [0.5, 0.6) is 0 Å². The minimum atomic E-state index is -0.373. The van der Waals surface area contributed by atoms with E-state index in [9.17, 15) is 9.59 Å². The summed E-state index contributed by atoms with van der Waals surface area (Å²) >= 11 is 0. The first-order chi connectivity index (χ1) is 14.5. The third kappa shape index (κ3) is 5.41. The molecule has 0 aliphatic carbocycles. The third-order valence-corrected chi connectivity index (χ3v) is 4.26. The fourth-order valence-corrected chi connectivity index (χ4v) is 2.49. The lowest BCUT2D eigenvalue weighted by Crippen LogP contribution is -2.21. The second-order valence-corrected chi connectivity index (χ2v) is 6.33. The summed E-state index contributed by atoms with van der Waals surface area (Å²) in [5, 5.41) is 8.19. The summed E-state index contributed by atoms with van der Waals surface area (Å²) in [6.07, 6.45) is 6.62. The van der Waals surface area contributed by atoms with Crippen molar-refractivity contribution < 1.29 is 9.59 Å². The van der Waals surface area contributed by atoms with Gasteiger partial charge in [-0.3, -0.25) is 19.6 Å². The van der Waals surface area contributed by atoms with Gasteiger partial charge in [-0.1, -0.05) is 0 Å². The Morgan fingerprint density at radius 2 is 0.933 bits per heavy atom. The largest absolute Gasteiger partial charge is 0.271 e. The molecule has 2 aromatic heterocycles. The van der Waals surface area contributed by atoms with Crippen molar-refractivity contribution in [3.05, 3.63) is 95.6 Å². The van der Waals surface area contributed by atoms with Crippen LogP contribution in [0.2, 0.25) is 0 Å². The molecular weight excluding hydrogens is 380 g/mol. The zero-order valence-corrected chi connectivity index (χ0v) is 16.5. The molecule has 0 bridgehead atoms. The van der Waals surface area contributed by atoms with Crippen LogP contribution in [0.15, 0.2) is 83.5 Å². The average molecular weight is 400 g/mol. The van der Waals surface area contributed by atoms with Crippen LogP contribution in [-0.2, 0) is 0 Å². The number of nitrogens with zero attached hydrogens (tertiary/aromatic N) is 4. The van der Waals surface area contributed by atoms with Gasteiger partial charge in [-0.15, -0.1) is 0 Å². The quantitative estimate of drug-likeness (QED) is 0.490. The number of hydrogen-bond acceptors (Lipinski definition) is 6. The fourth-order valence-electron chi connectivity index (χ4n) is 2.49. The molecule has 0 saturated carbocycles. The molecule has 0 unspecified atom stereocenters. The molecule has 8 nitrogen and oxygen atoms in total. The van der Waals surface area contributed by atoms with Crippen molar-refractivity contribution in [3.8, 4) is 0 Å². The van der Waals surface area contributed by atoms with Gasteiger partial charge in [-0.05, 0) is 62.4 Å². The van der Waals surface area contributed by atoms with Crippen LogP contribution in [0.3, 0.4) is 0 Å². The first kappa shape index (κ1) is 20.5. The number of amides is 2. The number of hydrogen-bond donors (Lipinski definition) is 2. The second-order valence-electron chi connectivity index (χ2n) is 6.33. The molecule has 8 heteroatoms. The Hall–Kier alpha value is -4.20. The normalized spacial score (nSPS) is 11.7. The minimum absolute atomic E-state index is 0.373. The van der Waals surface area contributed by atoms with Gasteiger partial charge in [0.15, 0.2) is 0 Å². The van der Waals surface area contributed by atoms with E-state index in [1.54, 1.807) is 87.2 Å². The van der Waals surface area contributed by atoms with E-state index in [-0.39, 0.29) is 11.8 Å². The molecule has 0 spiro atoms. The molecule has 2 N–H and O–H groups in total. The first-order valence-corrected chi connectivity index (χ1v) is 9.14. The predicted octanol–water partition coefficient (Wildman–Crippen LogP) is 2.78. The molecule has 0 saturated heterocycles. The zero-order chi connectivity index (χ0) is 21.3. The summed E-state index contributed by atoms with van der Waals surface area (Å²) in [5.41, 5.74) is 8.81. The van der Waals surface area contributed by atoms with Crippen molar-refractivity contribution in [3.63, 3.8) is 0 Å². The highest BCUT2D eigenvalue weighted by atomic mass is 16.2. The summed E-state index contributed by atoms with van der Waals surface area (Å²) < 4.78 is 0. The molecule has 3 rings (SSSR count). The van der Waals surface area contributed by atoms with Gasteiger partial charge in [-0.25, -0.2) is 10.9 Å². The lowest BCUT2D eigenvalue weighted by Gasteiger charge is -2.05. The van der Waals surface area contributed by atoms with E-state index < -0.39 is 0 Å². The maximum atomic E-state index is 12.3. The Morgan fingerprint density at radius 3 is 1.27 bits per heavy atom. The Bertz CT molecular complexity index is 989. The van der Waals surface area contributed by atoms with Crippen molar-refractivity contribution in [2.75, 3.05) is 0 Å². The standard InChI is InChI=1S/C22H20N6O2/c1-15(17-7-11-23-12-8-17)25-27-21(29)19-3-5-20(6-4-19)22(30)28-26-16(2)18-9-13-24-14-10-18/h3-14H,1-2H3,(H,27,29)(H,28,30). The van der Waals surface area contributed by atoms with E-state index in [0.717, 1.165) is 11.1 Å².